The molecule has 0 aliphatic carbocycles. The predicted octanol–water partition coefficient (Wildman–Crippen LogP) is 1.31. The maximum absolute atomic E-state index is 11.5. The van der Waals surface area contributed by atoms with Gasteiger partial charge >= 0.3 is 0 Å². The van der Waals surface area contributed by atoms with E-state index in [1.54, 1.807) is 19.2 Å². The van der Waals surface area contributed by atoms with E-state index in [-0.39, 0.29) is 10.6 Å². The molecule has 1 aromatic heterocycles. The summed E-state index contributed by atoms with van der Waals surface area (Å²) in [5.41, 5.74) is 0.738. The van der Waals surface area contributed by atoms with E-state index in [0.717, 1.165) is 12.2 Å². The second kappa shape index (κ2) is 4.41. The fourth-order valence-electron chi connectivity index (χ4n) is 1.06. The molecule has 0 radical (unpaired) electrons. The second-order valence-electron chi connectivity index (χ2n) is 2.84. The summed E-state index contributed by atoms with van der Waals surface area (Å²) in [4.78, 5) is 4.15. The van der Waals surface area contributed by atoms with Gasteiger partial charge in [0, 0.05) is 12.7 Å². The Morgan fingerprint density at radius 2 is 2.07 bits per heavy atom. The van der Waals surface area contributed by atoms with Crippen LogP contribution in [-0.4, -0.2) is 25.7 Å². The standard InChI is InChI=1S/C9H14N2O2S/c1-3-11-8-5-9(7-10-6-8)14(12,13)4-2/h5-7,11H,3-4H2,1-2H3. The Hall–Kier alpha value is -1.10. The maximum Gasteiger partial charge on any atom is 0.179 e. The zero-order valence-corrected chi connectivity index (χ0v) is 9.13. The summed E-state index contributed by atoms with van der Waals surface area (Å²) in [6.07, 6.45) is 2.98. The van der Waals surface area contributed by atoms with Gasteiger partial charge in [-0.1, -0.05) is 6.92 Å². The number of rotatable bonds is 4. The van der Waals surface area contributed by atoms with Crippen molar-refractivity contribution < 1.29 is 8.42 Å². The number of anilines is 1. The molecule has 1 aromatic rings. The maximum atomic E-state index is 11.5. The summed E-state index contributed by atoms with van der Waals surface area (Å²) < 4.78 is 23.0. The van der Waals surface area contributed by atoms with Crippen LogP contribution in [0.1, 0.15) is 13.8 Å². The molecule has 0 fully saturated rings. The third-order valence-electron chi connectivity index (χ3n) is 1.83. The minimum absolute atomic E-state index is 0.101. The lowest BCUT2D eigenvalue weighted by molar-refractivity contribution is 0.597. The lowest BCUT2D eigenvalue weighted by Gasteiger charge is -2.05. The van der Waals surface area contributed by atoms with Gasteiger partial charge < -0.3 is 5.32 Å². The highest BCUT2D eigenvalue weighted by Gasteiger charge is 2.11. The minimum Gasteiger partial charge on any atom is -0.384 e. The number of aromatic nitrogens is 1. The van der Waals surface area contributed by atoms with E-state index in [1.807, 2.05) is 6.92 Å². The molecular formula is C9H14N2O2S. The van der Waals surface area contributed by atoms with Crippen molar-refractivity contribution in [2.24, 2.45) is 0 Å². The third kappa shape index (κ3) is 2.45. The number of nitrogens with zero attached hydrogens (tertiary/aromatic N) is 1. The molecule has 4 nitrogen and oxygen atoms in total. The summed E-state index contributed by atoms with van der Waals surface area (Å²) in [6, 6.07) is 1.61. The monoisotopic (exact) mass is 214 g/mol. The molecule has 1 heterocycles. The Morgan fingerprint density at radius 1 is 1.36 bits per heavy atom. The van der Waals surface area contributed by atoms with Gasteiger partial charge in [-0.25, -0.2) is 8.42 Å². The molecule has 78 valence electrons. The first-order valence-corrected chi connectivity index (χ1v) is 6.17. The van der Waals surface area contributed by atoms with Crippen LogP contribution in [0.2, 0.25) is 0 Å². The average molecular weight is 214 g/mol. The van der Waals surface area contributed by atoms with Crippen molar-refractivity contribution in [3.8, 4) is 0 Å². The smallest absolute Gasteiger partial charge is 0.179 e. The van der Waals surface area contributed by atoms with Gasteiger partial charge in [-0.05, 0) is 13.0 Å². The number of sulfone groups is 1. The molecule has 0 bridgehead atoms. The summed E-state index contributed by atoms with van der Waals surface area (Å²) in [7, 11) is -3.14. The van der Waals surface area contributed by atoms with E-state index in [9.17, 15) is 8.42 Å². The highest BCUT2D eigenvalue weighted by molar-refractivity contribution is 7.91. The molecular weight excluding hydrogens is 200 g/mol. The third-order valence-corrected chi connectivity index (χ3v) is 3.53. The zero-order chi connectivity index (χ0) is 10.6. The van der Waals surface area contributed by atoms with E-state index >= 15 is 0 Å². The molecule has 0 aromatic carbocycles. The highest BCUT2D eigenvalue weighted by atomic mass is 32.2. The van der Waals surface area contributed by atoms with Crippen molar-refractivity contribution in [3.63, 3.8) is 0 Å². The normalized spacial score (nSPS) is 11.3. The fourth-order valence-corrected chi connectivity index (χ4v) is 1.92. The van der Waals surface area contributed by atoms with Gasteiger partial charge in [0.05, 0.1) is 22.5 Å². The fraction of sp³-hybridized carbons (Fsp3) is 0.444. The van der Waals surface area contributed by atoms with Crippen LogP contribution in [0, 0.1) is 0 Å². The van der Waals surface area contributed by atoms with Crippen LogP contribution in [-0.2, 0) is 9.84 Å². The molecule has 14 heavy (non-hydrogen) atoms. The molecule has 1 rings (SSSR count). The van der Waals surface area contributed by atoms with Crippen LogP contribution in [0.25, 0.3) is 0 Å². The Bertz CT molecular complexity index is 401. The van der Waals surface area contributed by atoms with Gasteiger partial charge in [0.1, 0.15) is 0 Å². The number of hydrogen-bond acceptors (Lipinski definition) is 4. The van der Waals surface area contributed by atoms with Gasteiger partial charge in [0.2, 0.25) is 0 Å². The van der Waals surface area contributed by atoms with Crippen molar-refractivity contribution in [3.05, 3.63) is 18.5 Å². The summed E-state index contributed by atoms with van der Waals surface area (Å²) >= 11 is 0. The van der Waals surface area contributed by atoms with E-state index in [0.29, 0.717) is 0 Å². The van der Waals surface area contributed by atoms with Crippen LogP contribution in [0.3, 0.4) is 0 Å². The van der Waals surface area contributed by atoms with Crippen molar-refractivity contribution in [2.75, 3.05) is 17.6 Å². The number of pyridine rings is 1. The first-order chi connectivity index (χ1) is 6.60. The summed E-state index contributed by atoms with van der Waals surface area (Å²) in [5, 5.41) is 3.02. The Balaban J connectivity index is 3.06. The largest absolute Gasteiger partial charge is 0.384 e. The van der Waals surface area contributed by atoms with E-state index in [4.69, 9.17) is 0 Å². The Kier molecular flexibility index (Phi) is 3.46. The molecule has 0 amide bonds. The second-order valence-corrected chi connectivity index (χ2v) is 5.12. The van der Waals surface area contributed by atoms with Crippen LogP contribution < -0.4 is 5.32 Å². The molecule has 0 unspecified atom stereocenters. The van der Waals surface area contributed by atoms with Gasteiger partial charge in [-0.15, -0.1) is 0 Å². The molecule has 1 N–H and O–H groups in total. The first-order valence-electron chi connectivity index (χ1n) is 4.51. The van der Waals surface area contributed by atoms with Crippen molar-refractivity contribution in [1.29, 1.82) is 0 Å². The number of nitrogens with one attached hydrogen (secondary N) is 1. The van der Waals surface area contributed by atoms with Crippen LogP contribution in [0.15, 0.2) is 23.4 Å². The summed E-state index contributed by atoms with van der Waals surface area (Å²) in [6.45, 7) is 4.31. The van der Waals surface area contributed by atoms with E-state index in [2.05, 4.69) is 10.3 Å². The van der Waals surface area contributed by atoms with Gasteiger partial charge in [-0.2, -0.15) is 0 Å². The topological polar surface area (TPSA) is 59.1 Å². The van der Waals surface area contributed by atoms with Crippen LogP contribution in [0.4, 0.5) is 5.69 Å². The Morgan fingerprint density at radius 3 is 2.64 bits per heavy atom. The van der Waals surface area contributed by atoms with Gasteiger partial charge in [0.15, 0.2) is 9.84 Å². The van der Waals surface area contributed by atoms with E-state index in [1.165, 1.54) is 6.20 Å². The number of hydrogen-bond donors (Lipinski definition) is 1. The van der Waals surface area contributed by atoms with Crippen molar-refractivity contribution in [1.82, 2.24) is 4.98 Å². The van der Waals surface area contributed by atoms with Crippen molar-refractivity contribution >= 4 is 15.5 Å². The lowest BCUT2D eigenvalue weighted by atomic mass is 10.4. The quantitative estimate of drug-likeness (QED) is 0.821. The van der Waals surface area contributed by atoms with Crippen LogP contribution in [0.5, 0.6) is 0 Å². The van der Waals surface area contributed by atoms with Gasteiger partial charge in [-0.3, -0.25) is 4.98 Å². The average Bonchev–Trinajstić information content (AvgIpc) is 2.19. The Labute approximate surface area is 84.3 Å². The molecule has 0 aliphatic heterocycles. The molecule has 0 saturated carbocycles. The van der Waals surface area contributed by atoms with Crippen LogP contribution >= 0.6 is 0 Å². The highest BCUT2D eigenvalue weighted by Crippen LogP contribution is 2.14. The summed E-state index contributed by atoms with van der Waals surface area (Å²) in [5.74, 6) is 0.101. The van der Waals surface area contributed by atoms with Crippen molar-refractivity contribution in [2.45, 2.75) is 18.7 Å². The molecule has 0 atom stereocenters. The van der Waals surface area contributed by atoms with Gasteiger partial charge in [0.25, 0.3) is 0 Å². The molecule has 0 aliphatic rings. The SMILES string of the molecule is CCNc1cncc(S(=O)(=O)CC)c1. The zero-order valence-electron chi connectivity index (χ0n) is 8.32. The van der Waals surface area contributed by atoms with E-state index < -0.39 is 9.84 Å². The minimum atomic E-state index is -3.14. The predicted molar refractivity (Wildman–Crippen MR) is 56.1 cm³/mol. The molecule has 5 heteroatoms. The molecule has 0 spiro atoms. The molecule has 0 saturated heterocycles. The first kappa shape index (κ1) is 11.0. The lowest BCUT2D eigenvalue weighted by Crippen LogP contribution is -2.05.